The molecule has 4 heteroatoms. The van der Waals surface area contributed by atoms with Crippen LogP contribution in [0.4, 0.5) is 8.78 Å². The third-order valence-electron chi connectivity index (χ3n) is 3.68. The number of benzene rings is 2. The Morgan fingerprint density at radius 2 is 1.81 bits per heavy atom. The number of halogens is 2. The first-order valence-corrected chi connectivity index (χ1v) is 6.79. The summed E-state index contributed by atoms with van der Waals surface area (Å²) in [7, 11) is 0. The van der Waals surface area contributed by atoms with E-state index < -0.39 is 23.1 Å². The van der Waals surface area contributed by atoms with E-state index in [1.54, 1.807) is 0 Å². The molecule has 0 saturated heterocycles. The lowest BCUT2D eigenvalue weighted by Crippen LogP contribution is -2.43. The van der Waals surface area contributed by atoms with Crippen LogP contribution in [0.3, 0.4) is 0 Å². The summed E-state index contributed by atoms with van der Waals surface area (Å²) in [5.74, 6) is -2.00. The van der Waals surface area contributed by atoms with Crippen molar-refractivity contribution in [2.45, 2.75) is 25.8 Å². The van der Waals surface area contributed by atoms with Gasteiger partial charge in [0, 0.05) is 0 Å². The summed E-state index contributed by atoms with van der Waals surface area (Å²) in [5.41, 5.74) is -0.0137. The van der Waals surface area contributed by atoms with E-state index >= 15 is 0 Å². The number of hydrogen-bond acceptors (Lipinski definition) is 1. The fraction of sp³-hybridized carbons (Fsp3) is 0.235. The molecule has 0 aromatic heterocycles. The Bertz CT molecular complexity index is 642. The molecule has 0 bridgehead atoms. The summed E-state index contributed by atoms with van der Waals surface area (Å²) in [6, 6.07) is 12.3. The van der Waals surface area contributed by atoms with Gasteiger partial charge in [-0.15, -0.1) is 0 Å². The standard InChI is InChI=1S/C17H17F2NO/c1-3-17(2,12-7-5-4-6-8-12)20-16(21)14-11-13(18)9-10-15(14)19/h4-11H,3H2,1-2H3,(H,20,21). The van der Waals surface area contributed by atoms with Crippen molar-refractivity contribution < 1.29 is 13.6 Å². The van der Waals surface area contributed by atoms with Crippen LogP contribution >= 0.6 is 0 Å². The summed E-state index contributed by atoms with van der Waals surface area (Å²) in [5, 5.41) is 2.80. The molecule has 0 fully saturated rings. The number of carbonyl (C=O) groups is 1. The molecule has 1 atom stereocenters. The SMILES string of the molecule is CCC(C)(NC(=O)c1cc(F)ccc1F)c1ccccc1. The maximum atomic E-state index is 13.7. The van der Waals surface area contributed by atoms with Crippen LogP contribution in [0, 0.1) is 11.6 Å². The van der Waals surface area contributed by atoms with Crippen molar-refractivity contribution in [1.29, 1.82) is 0 Å². The Labute approximate surface area is 122 Å². The summed E-state index contributed by atoms with van der Waals surface area (Å²) in [6.45, 7) is 3.78. The molecule has 2 aromatic rings. The normalized spacial score (nSPS) is 13.5. The molecule has 0 aliphatic heterocycles. The maximum Gasteiger partial charge on any atom is 0.255 e. The van der Waals surface area contributed by atoms with Crippen LogP contribution in [-0.2, 0) is 5.54 Å². The van der Waals surface area contributed by atoms with Crippen molar-refractivity contribution in [2.75, 3.05) is 0 Å². The highest BCUT2D eigenvalue weighted by Crippen LogP contribution is 2.25. The third-order valence-corrected chi connectivity index (χ3v) is 3.68. The number of carbonyl (C=O) groups excluding carboxylic acids is 1. The van der Waals surface area contributed by atoms with E-state index in [1.165, 1.54) is 0 Å². The van der Waals surface area contributed by atoms with Crippen LogP contribution < -0.4 is 5.32 Å². The highest BCUT2D eigenvalue weighted by atomic mass is 19.1. The van der Waals surface area contributed by atoms with Crippen molar-refractivity contribution >= 4 is 5.91 Å². The minimum atomic E-state index is -0.736. The quantitative estimate of drug-likeness (QED) is 0.905. The summed E-state index contributed by atoms with van der Waals surface area (Å²) in [6.07, 6.45) is 0.625. The fourth-order valence-corrected chi connectivity index (χ4v) is 2.16. The average Bonchev–Trinajstić information content (AvgIpc) is 2.50. The van der Waals surface area contributed by atoms with E-state index in [2.05, 4.69) is 5.32 Å². The molecule has 0 aliphatic rings. The van der Waals surface area contributed by atoms with Gasteiger partial charge in [0.2, 0.25) is 0 Å². The lowest BCUT2D eigenvalue weighted by atomic mass is 9.89. The molecular weight excluding hydrogens is 272 g/mol. The van der Waals surface area contributed by atoms with E-state index in [1.807, 2.05) is 44.2 Å². The van der Waals surface area contributed by atoms with Gasteiger partial charge >= 0.3 is 0 Å². The molecule has 2 aromatic carbocycles. The largest absolute Gasteiger partial charge is 0.343 e. The monoisotopic (exact) mass is 289 g/mol. The molecule has 0 heterocycles. The topological polar surface area (TPSA) is 29.1 Å². The van der Waals surface area contributed by atoms with Crippen LogP contribution in [0.25, 0.3) is 0 Å². The van der Waals surface area contributed by atoms with E-state index in [9.17, 15) is 13.6 Å². The van der Waals surface area contributed by atoms with E-state index in [4.69, 9.17) is 0 Å². The van der Waals surface area contributed by atoms with Crippen molar-refractivity contribution in [3.8, 4) is 0 Å². The summed E-state index contributed by atoms with van der Waals surface area (Å²) >= 11 is 0. The van der Waals surface area contributed by atoms with Gasteiger partial charge in [0.15, 0.2) is 0 Å². The second-order valence-corrected chi connectivity index (χ2v) is 5.13. The Balaban J connectivity index is 2.30. The lowest BCUT2D eigenvalue weighted by molar-refractivity contribution is 0.0897. The van der Waals surface area contributed by atoms with Gasteiger partial charge in [-0.05, 0) is 37.1 Å². The van der Waals surface area contributed by atoms with Gasteiger partial charge in [-0.2, -0.15) is 0 Å². The van der Waals surface area contributed by atoms with Crippen LogP contribution in [0.2, 0.25) is 0 Å². The summed E-state index contributed by atoms with van der Waals surface area (Å²) in [4.78, 5) is 12.2. The minimum absolute atomic E-state index is 0.286. The molecular formula is C17H17F2NO. The first-order chi connectivity index (χ1) is 9.96. The van der Waals surface area contributed by atoms with Crippen molar-refractivity contribution in [3.63, 3.8) is 0 Å². The molecule has 1 unspecified atom stereocenters. The zero-order valence-corrected chi connectivity index (χ0v) is 12.0. The molecule has 1 amide bonds. The van der Waals surface area contributed by atoms with Gasteiger partial charge in [-0.25, -0.2) is 8.78 Å². The molecule has 0 radical (unpaired) electrons. The Morgan fingerprint density at radius 3 is 2.43 bits per heavy atom. The van der Waals surface area contributed by atoms with E-state index in [-0.39, 0.29) is 5.56 Å². The van der Waals surface area contributed by atoms with E-state index in [0.29, 0.717) is 6.42 Å². The van der Waals surface area contributed by atoms with Gasteiger partial charge in [-0.3, -0.25) is 4.79 Å². The van der Waals surface area contributed by atoms with Crippen molar-refractivity contribution in [3.05, 3.63) is 71.3 Å². The van der Waals surface area contributed by atoms with Gasteiger partial charge in [0.05, 0.1) is 11.1 Å². The Hall–Kier alpha value is -2.23. The second-order valence-electron chi connectivity index (χ2n) is 5.13. The molecule has 110 valence electrons. The number of nitrogens with one attached hydrogen (secondary N) is 1. The van der Waals surface area contributed by atoms with Crippen molar-refractivity contribution in [2.24, 2.45) is 0 Å². The fourth-order valence-electron chi connectivity index (χ4n) is 2.16. The summed E-state index contributed by atoms with van der Waals surface area (Å²) < 4.78 is 26.9. The molecule has 1 N–H and O–H groups in total. The van der Waals surface area contributed by atoms with E-state index in [0.717, 1.165) is 23.8 Å². The highest BCUT2D eigenvalue weighted by Gasteiger charge is 2.27. The van der Waals surface area contributed by atoms with Crippen LogP contribution in [0.15, 0.2) is 48.5 Å². The highest BCUT2D eigenvalue weighted by molar-refractivity contribution is 5.95. The Morgan fingerprint density at radius 1 is 1.14 bits per heavy atom. The predicted octanol–water partition coefficient (Wildman–Crippen LogP) is 4.02. The predicted molar refractivity (Wildman–Crippen MR) is 77.9 cm³/mol. The average molecular weight is 289 g/mol. The third kappa shape index (κ3) is 3.27. The number of hydrogen-bond donors (Lipinski definition) is 1. The smallest absolute Gasteiger partial charge is 0.255 e. The zero-order chi connectivity index (χ0) is 15.5. The maximum absolute atomic E-state index is 13.7. The molecule has 0 saturated carbocycles. The van der Waals surface area contributed by atoms with Crippen LogP contribution in [-0.4, -0.2) is 5.91 Å². The van der Waals surface area contributed by atoms with Gasteiger partial charge in [0.1, 0.15) is 11.6 Å². The van der Waals surface area contributed by atoms with Crippen LogP contribution in [0.1, 0.15) is 36.2 Å². The zero-order valence-electron chi connectivity index (χ0n) is 12.0. The minimum Gasteiger partial charge on any atom is -0.343 e. The molecule has 0 aliphatic carbocycles. The molecule has 0 spiro atoms. The molecule has 2 nitrogen and oxygen atoms in total. The van der Waals surface area contributed by atoms with Gasteiger partial charge in [0.25, 0.3) is 5.91 Å². The Kier molecular flexibility index (Phi) is 4.36. The molecule has 2 rings (SSSR count). The number of amides is 1. The second kappa shape index (κ2) is 6.04. The van der Waals surface area contributed by atoms with Crippen molar-refractivity contribution in [1.82, 2.24) is 5.32 Å². The number of rotatable bonds is 4. The molecule has 21 heavy (non-hydrogen) atoms. The lowest BCUT2D eigenvalue weighted by Gasteiger charge is -2.30. The van der Waals surface area contributed by atoms with Gasteiger partial charge in [-0.1, -0.05) is 37.3 Å². The first-order valence-electron chi connectivity index (χ1n) is 6.79. The first kappa shape index (κ1) is 15.2. The van der Waals surface area contributed by atoms with Gasteiger partial charge < -0.3 is 5.32 Å². The van der Waals surface area contributed by atoms with Crippen LogP contribution in [0.5, 0.6) is 0 Å².